The number of rotatable bonds is 7. The van der Waals surface area contributed by atoms with Crippen molar-refractivity contribution in [3.8, 4) is 16.8 Å². The highest BCUT2D eigenvalue weighted by Crippen LogP contribution is 2.42. The number of hydrogen-bond donors (Lipinski definition) is 0. The van der Waals surface area contributed by atoms with Crippen LogP contribution >= 0.6 is 0 Å². The highest BCUT2D eigenvalue weighted by atomic mass is 32.2. The molecule has 6 nitrogen and oxygen atoms in total. The van der Waals surface area contributed by atoms with Gasteiger partial charge in [-0.15, -0.1) is 21.6 Å². The Bertz CT molecular complexity index is 1510. The monoisotopic (exact) mass is 502 g/mol. The maximum absolute atomic E-state index is 12.3. The van der Waals surface area contributed by atoms with Crippen LogP contribution in [0.25, 0.3) is 27.8 Å². The molecular weight excluding hydrogens is 470 g/mol. The van der Waals surface area contributed by atoms with E-state index in [9.17, 15) is 13.0 Å². The zero-order valence-electron chi connectivity index (χ0n) is 21.4. The summed E-state index contributed by atoms with van der Waals surface area (Å²) in [4.78, 5) is 1.28. The molecule has 1 heterocycles. The Morgan fingerprint density at radius 3 is 2.08 bits per heavy atom. The molecule has 0 saturated heterocycles. The molecule has 1 aromatic heterocycles. The van der Waals surface area contributed by atoms with E-state index in [1.165, 1.54) is 6.07 Å². The summed E-state index contributed by atoms with van der Waals surface area (Å²) in [6.45, 7) is 15.0. The SMILES string of the molecule is C=CCc1cc(C(C)(C)CC(C)(C)C)cc(-n2nc3ccccc3n2)c1-c1ccccc1S(=O)(=O)[O-]. The van der Waals surface area contributed by atoms with Crippen LogP contribution < -0.4 is 0 Å². The molecule has 3 aromatic carbocycles. The highest BCUT2D eigenvalue weighted by Gasteiger charge is 2.30. The van der Waals surface area contributed by atoms with E-state index in [0.29, 0.717) is 23.2 Å². The van der Waals surface area contributed by atoms with Crippen molar-refractivity contribution in [1.29, 1.82) is 0 Å². The van der Waals surface area contributed by atoms with Gasteiger partial charge in [-0.1, -0.05) is 77.1 Å². The van der Waals surface area contributed by atoms with E-state index in [2.05, 4.69) is 47.3 Å². The first kappa shape index (κ1) is 25.8. The third kappa shape index (κ3) is 5.27. The summed E-state index contributed by atoms with van der Waals surface area (Å²) in [5.74, 6) is 0. The van der Waals surface area contributed by atoms with Crippen molar-refractivity contribution >= 4 is 21.2 Å². The van der Waals surface area contributed by atoms with Crippen LogP contribution in [0.2, 0.25) is 0 Å². The van der Waals surface area contributed by atoms with E-state index in [1.54, 1.807) is 29.1 Å². The van der Waals surface area contributed by atoms with Gasteiger partial charge in [-0.25, -0.2) is 8.42 Å². The fraction of sp³-hybridized carbons (Fsp3) is 0.310. The predicted molar refractivity (Wildman–Crippen MR) is 143 cm³/mol. The summed E-state index contributed by atoms with van der Waals surface area (Å²) in [6.07, 6.45) is 3.19. The minimum Gasteiger partial charge on any atom is -0.744 e. The van der Waals surface area contributed by atoms with Crippen molar-refractivity contribution in [3.05, 3.63) is 84.4 Å². The van der Waals surface area contributed by atoms with Gasteiger partial charge in [0.1, 0.15) is 21.2 Å². The normalized spacial score (nSPS) is 12.7. The average molecular weight is 503 g/mol. The topological polar surface area (TPSA) is 87.9 Å². The smallest absolute Gasteiger partial charge is 0.125 e. The Morgan fingerprint density at radius 1 is 0.944 bits per heavy atom. The molecule has 0 unspecified atom stereocenters. The van der Waals surface area contributed by atoms with Crippen molar-refractivity contribution in [2.75, 3.05) is 0 Å². The fourth-order valence-corrected chi connectivity index (χ4v) is 5.83. The van der Waals surface area contributed by atoms with Gasteiger partial charge in [-0.3, -0.25) is 0 Å². The summed E-state index contributed by atoms with van der Waals surface area (Å²) < 4.78 is 36.8. The standard InChI is InChI=1S/C29H33N3O3S/c1-7-12-20-17-21(29(5,6)19-28(2,3)4)18-25(32-30-23-14-9-10-15-24(23)31-32)27(20)22-13-8-11-16-26(22)36(33,34)35/h7-11,13-18H,1,12,19H2,2-6H3,(H,33,34,35)/p-1. The van der Waals surface area contributed by atoms with Gasteiger partial charge >= 0.3 is 0 Å². The van der Waals surface area contributed by atoms with Crippen LogP contribution in [0.5, 0.6) is 0 Å². The lowest BCUT2D eigenvalue weighted by atomic mass is 9.71. The molecule has 4 rings (SSSR count). The molecule has 36 heavy (non-hydrogen) atoms. The zero-order chi connectivity index (χ0) is 26.3. The maximum atomic E-state index is 12.3. The molecule has 0 aliphatic carbocycles. The van der Waals surface area contributed by atoms with Gasteiger partial charge < -0.3 is 4.55 Å². The molecule has 0 aliphatic heterocycles. The molecule has 0 spiro atoms. The van der Waals surface area contributed by atoms with Gasteiger partial charge in [-0.2, -0.15) is 0 Å². The second-order valence-electron chi connectivity index (χ2n) is 11.1. The molecule has 0 atom stereocenters. The minimum atomic E-state index is -4.73. The van der Waals surface area contributed by atoms with E-state index < -0.39 is 10.1 Å². The van der Waals surface area contributed by atoms with Crippen LogP contribution in [0.3, 0.4) is 0 Å². The lowest BCUT2D eigenvalue weighted by molar-refractivity contribution is 0.284. The molecule has 7 heteroatoms. The first-order valence-electron chi connectivity index (χ1n) is 12.0. The van der Waals surface area contributed by atoms with Crippen molar-refractivity contribution in [2.45, 2.75) is 57.8 Å². The zero-order valence-corrected chi connectivity index (χ0v) is 22.3. The lowest BCUT2D eigenvalue weighted by Crippen LogP contribution is -2.25. The molecule has 0 aliphatic rings. The Labute approximate surface area is 213 Å². The van der Waals surface area contributed by atoms with Gasteiger partial charge in [0.25, 0.3) is 0 Å². The van der Waals surface area contributed by atoms with Crippen molar-refractivity contribution in [2.24, 2.45) is 5.41 Å². The number of benzene rings is 3. The Kier molecular flexibility index (Phi) is 6.66. The first-order valence-corrected chi connectivity index (χ1v) is 13.4. The number of aromatic nitrogens is 3. The third-order valence-electron chi connectivity index (χ3n) is 6.25. The number of nitrogens with zero attached hydrogens (tertiary/aromatic N) is 3. The molecule has 4 aromatic rings. The van der Waals surface area contributed by atoms with Gasteiger partial charge in [0.15, 0.2) is 0 Å². The van der Waals surface area contributed by atoms with Crippen LogP contribution in [-0.2, 0) is 22.0 Å². The van der Waals surface area contributed by atoms with Gasteiger partial charge in [0, 0.05) is 11.1 Å². The molecule has 0 bridgehead atoms. The second kappa shape index (κ2) is 9.30. The Hall–Kier alpha value is -3.29. The van der Waals surface area contributed by atoms with E-state index >= 15 is 0 Å². The summed E-state index contributed by atoms with van der Waals surface area (Å²) in [7, 11) is -4.73. The minimum absolute atomic E-state index is 0.0861. The summed E-state index contributed by atoms with van der Waals surface area (Å²) in [6, 6.07) is 18.0. The number of allylic oxidation sites excluding steroid dienone is 1. The molecule has 0 fully saturated rings. The molecule has 0 amide bonds. The fourth-order valence-electron chi connectivity index (χ4n) is 5.15. The number of hydrogen-bond acceptors (Lipinski definition) is 5. The van der Waals surface area contributed by atoms with Gasteiger partial charge in [0.05, 0.1) is 10.6 Å². The van der Waals surface area contributed by atoms with E-state index in [0.717, 1.165) is 28.6 Å². The summed E-state index contributed by atoms with van der Waals surface area (Å²) in [5, 5.41) is 9.42. The van der Waals surface area contributed by atoms with Crippen molar-refractivity contribution in [1.82, 2.24) is 15.0 Å². The Balaban J connectivity index is 2.11. The molecule has 0 radical (unpaired) electrons. The molecular formula is C29H32N3O3S-. The van der Waals surface area contributed by atoms with E-state index in [1.807, 2.05) is 30.3 Å². The van der Waals surface area contributed by atoms with Crippen LogP contribution in [-0.4, -0.2) is 28.0 Å². The summed E-state index contributed by atoms with van der Waals surface area (Å²) in [5.41, 5.74) is 4.84. The maximum Gasteiger partial charge on any atom is 0.125 e. The quantitative estimate of drug-likeness (QED) is 0.214. The van der Waals surface area contributed by atoms with Gasteiger partial charge in [-0.05, 0) is 59.1 Å². The predicted octanol–water partition coefficient (Wildman–Crippen LogP) is 6.43. The van der Waals surface area contributed by atoms with E-state index in [-0.39, 0.29) is 15.7 Å². The Morgan fingerprint density at radius 2 is 1.53 bits per heavy atom. The van der Waals surface area contributed by atoms with Crippen LogP contribution in [0, 0.1) is 5.41 Å². The third-order valence-corrected chi connectivity index (χ3v) is 7.14. The van der Waals surface area contributed by atoms with Crippen LogP contribution in [0.1, 0.15) is 52.2 Å². The lowest BCUT2D eigenvalue weighted by Gasteiger charge is -2.34. The summed E-state index contributed by atoms with van der Waals surface area (Å²) >= 11 is 0. The largest absolute Gasteiger partial charge is 0.744 e. The second-order valence-corrected chi connectivity index (χ2v) is 12.4. The average Bonchev–Trinajstić information content (AvgIpc) is 3.21. The van der Waals surface area contributed by atoms with E-state index in [4.69, 9.17) is 10.2 Å². The molecule has 188 valence electrons. The molecule has 0 N–H and O–H groups in total. The van der Waals surface area contributed by atoms with Crippen molar-refractivity contribution < 1.29 is 13.0 Å². The first-order chi connectivity index (χ1) is 16.8. The number of fused-ring (bicyclic) bond motifs is 1. The highest BCUT2D eigenvalue weighted by molar-refractivity contribution is 7.85. The van der Waals surface area contributed by atoms with Crippen LogP contribution in [0.4, 0.5) is 0 Å². The van der Waals surface area contributed by atoms with Gasteiger partial charge in [0.2, 0.25) is 0 Å². The van der Waals surface area contributed by atoms with Crippen LogP contribution in [0.15, 0.2) is 78.2 Å². The van der Waals surface area contributed by atoms with Crippen molar-refractivity contribution in [3.63, 3.8) is 0 Å². The molecule has 0 saturated carbocycles.